The highest BCUT2D eigenvalue weighted by molar-refractivity contribution is 6.33. The predicted molar refractivity (Wildman–Crippen MR) is 61.0 cm³/mol. The zero-order valence-electron chi connectivity index (χ0n) is 8.85. The zero-order valence-corrected chi connectivity index (χ0v) is 9.60. The molecular formula is C12H6ClF3N2. The van der Waals surface area contributed by atoms with Crippen LogP contribution in [-0.2, 0) is 6.18 Å². The van der Waals surface area contributed by atoms with Crippen molar-refractivity contribution in [3.8, 4) is 17.3 Å². The number of hydrogen-bond donors (Lipinski definition) is 1. The molecule has 2 aromatic rings. The lowest BCUT2D eigenvalue weighted by Crippen LogP contribution is -2.07. The molecule has 2 nitrogen and oxygen atoms in total. The Balaban J connectivity index is 2.67. The van der Waals surface area contributed by atoms with E-state index >= 15 is 0 Å². The first-order valence-corrected chi connectivity index (χ1v) is 5.26. The zero-order chi connectivity index (χ0) is 13.3. The fraction of sp³-hybridized carbons (Fsp3) is 0.0833. The number of rotatable bonds is 1. The summed E-state index contributed by atoms with van der Waals surface area (Å²) in [4.78, 5) is 2.62. The summed E-state index contributed by atoms with van der Waals surface area (Å²) in [5.74, 6) is 0. The standard InChI is InChI=1S/C12H6ClF3N2/c13-9-3-1-2-8(12(14,15)16)11(9)10-4-7(5-17)6-18-10/h1-4,6,18H. The fourth-order valence-electron chi connectivity index (χ4n) is 1.64. The van der Waals surface area contributed by atoms with E-state index < -0.39 is 11.7 Å². The number of nitriles is 1. The molecule has 1 aromatic heterocycles. The van der Waals surface area contributed by atoms with Gasteiger partial charge in [-0.25, -0.2) is 0 Å². The van der Waals surface area contributed by atoms with E-state index in [1.807, 2.05) is 6.07 Å². The number of nitrogens with one attached hydrogen (secondary N) is 1. The summed E-state index contributed by atoms with van der Waals surface area (Å²) in [5, 5.41) is 8.65. The van der Waals surface area contributed by atoms with Crippen LogP contribution in [0.4, 0.5) is 13.2 Å². The van der Waals surface area contributed by atoms with Crippen molar-refractivity contribution in [2.75, 3.05) is 0 Å². The lowest BCUT2D eigenvalue weighted by molar-refractivity contribution is -0.137. The van der Waals surface area contributed by atoms with Crippen molar-refractivity contribution in [3.63, 3.8) is 0 Å². The van der Waals surface area contributed by atoms with Gasteiger partial charge in [-0.3, -0.25) is 0 Å². The highest BCUT2D eigenvalue weighted by atomic mass is 35.5. The highest BCUT2D eigenvalue weighted by Gasteiger charge is 2.34. The number of H-pyrrole nitrogens is 1. The molecular weight excluding hydrogens is 265 g/mol. The first-order chi connectivity index (χ1) is 8.43. The van der Waals surface area contributed by atoms with Crippen LogP contribution < -0.4 is 0 Å². The molecule has 1 N–H and O–H groups in total. The molecule has 18 heavy (non-hydrogen) atoms. The van der Waals surface area contributed by atoms with Gasteiger partial charge in [0, 0.05) is 17.5 Å². The Morgan fingerprint density at radius 2 is 2.00 bits per heavy atom. The number of halogens is 4. The average Bonchev–Trinajstić information content (AvgIpc) is 2.75. The quantitative estimate of drug-likeness (QED) is 0.828. The number of aromatic amines is 1. The Bertz CT molecular complexity index is 623. The van der Waals surface area contributed by atoms with Crippen molar-refractivity contribution in [2.45, 2.75) is 6.18 Å². The number of nitrogens with zero attached hydrogens (tertiary/aromatic N) is 1. The molecule has 0 radical (unpaired) electrons. The molecule has 0 saturated carbocycles. The van der Waals surface area contributed by atoms with E-state index in [1.54, 1.807) is 0 Å². The predicted octanol–water partition coefficient (Wildman–Crippen LogP) is 4.23. The molecule has 92 valence electrons. The van der Waals surface area contributed by atoms with Gasteiger partial charge in [0.1, 0.15) is 6.07 Å². The van der Waals surface area contributed by atoms with E-state index in [9.17, 15) is 13.2 Å². The van der Waals surface area contributed by atoms with Crippen molar-refractivity contribution in [3.05, 3.63) is 46.6 Å². The summed E-state index contributed by atoms with van der Waals surface area (Å²) in [6.45, 7) is 0. The first kappa shape index (κ1) is 12.5. The second-order valence-electron chi connectivity index (χ2n) is 3.57. The van der Waals surface area contributed by atoms with Crippen molar-refractivity contribution in [2.24, 2.45) is 0 Å². The average molecular weight is 271 g/mol. The lowest BCUT2D eigenvalue weighted by Gasteiger charge is -2.13. The van der Waals surface area contributed by atoms with Crippen LogP contribution in [0.15, 0.2) is 30.5 Å². The van der Waals surface area contributed by atoms with Gasteiger partial charge in [0.15, 0.2) is 0 Å². The summed E-state index contributed by atoms with van der Waals surface area (Å²) in [6, 6.07) is 6.73. The highest BCUT2D eigenvalue weighted by Crippen LogP contribution is 2.40. The number of hydrogen-bond acceptors (Lipinski definition) is 1. The van der Waals surface area contributed by atoms with Crippen LogP contribution in [0.25, 0.3) is 11.3 Å². The smallest absolute Gasteiger partial charge is 0.360 e. The molecule has 1 heterocycles. The molecule has 0 fully saturated rings. The first-order valence-electron chi connectivity index (χ1n) is 4.88. The lowest BCUT2D eigenvalue weighted by atomic mass is 10.0. The Labute approximate surface area is 106 Å². The third-order valence-corrected chi connectivity index (χ3v) is 2.72. The molecule has 0 bridgehead atoms. The van der Waals surface area contributed by atoms with Gasteiger partial charge in [-0.1, -0.05) is 17.7 Å². The SMILES string of the molecule is N#Cc1c[nH]c(-c2c(Cl)cccc2C(F)(F)F)c1. The van der Waals surface area contributed by atoms with E-state index in [0.29, 0.717) is 0 Å². The van der Waals surface area contributed by atoms with Gasteiger partial charge in [-0.05, 0) is 18.2 Å². The number of aromatic nitrogens is 1. The van der Waals surface area contributed by atoms with E-state index in [2.05, 4.69) is 4.98 Å². The second-order valence-corrected chi connectivity index (χ2v) is 3.98. The van der Waals surface area contributed by atoms with Crippen LogP contribution >= 0.6 is 11.6 Å². The summed E-state index contributed by atoms with van der Waals surface area (Å²) in [5.41, 5.74) is -0.558. The Morgan fingerprint density at radius 3 is 2.56 bits per heavy atom. The van der Waals surface area contributed by atoms with Gasteiger partial charge in [0.05, 0.1) is 16.1 Å². The van der Waals surface area contributed by atoms with Crippen LogP contribution in [0.5, 0.6) is 0 Å². The van der Waals surface area contributed by atoms with E-state index in [4.69, 9.17) is 16.9 Å². The van der Waals surface area contributed by atoms with Crippen LogP contribution in [-0.4, -0.2) is 4.98 Å². The Morgan fingerprint density at radius 1 is 1.28 bits per heavy atom. The van der Waals surface area contributed by atoms with E-state index in [0.717, 1.165) is 6.07 Å². The third kappa shape index (κ3) is 2.20. The maximum atomic E-state index is 12.9. The molecule has 0 unspecified atom stereocenters. The minimum Gasteiger partial charge on any atom is -0.360 e. The monoisotopic (exact) mass is 270 g/mol. The minimum atomic E-state index is -4.50. The molecule has 2 rings (SSSR count). The molecule has 0 spiro atoms. The summed E-state index contributed by atoms with van der Waals surface area (Å²) < 4.78 is 38.6. The molecule has 0 aliphatic rings. The van der Waals surface area contributed by atoms with Gasteiger partial charge in [-0.15, -0.1) is 0 Å². The molecule has 0 aliphatic heterocycles. The molecule has 0 amide bonds. The number of benzene rings is 1. The number of alkyl halides is 3. The maximum Gasteiger partial charge on any atom is 0.417 e. The molecule has 6 heteroatoms. The van der Waals surface area contributed by atoms with Gasteiger partial charge >= 0.3 is 6.18 Å². The molecule has 1 aromatic carbocycles. The summed E-state index contributed by atoms with van der Waals surface area (Å²) in [6.07, 6.45) is -3.17. The van der Waals surface area contributed by atoms with Gasteiger partial charge in [0.25, 0.3) is 0 Å². The largest absolute Gasteiger partial charge is 0.417 e. The third-order valence-electron chi connectivity index (χ3n) is 2.40. The van der Waals surface area contributed by atoms with Crippen molar-refractivity contribution in [1.29, 1.82) is 5.26 Å². The Hall–Kier alpha value is -1.93. The Kier molecular flexibility index (Phi) is 3.05. The van der Waals surface area contributed by atoms with Crippen LogP contribution in [0.2, 0.25) is 5.02 Å². The van der Waals surface area contributed by atoms with Crippen LogP contribution in [0.3, 0.4) is 0 Å². The minimum absolute atomic E-state index is 0.0174. The topological polar surface area (TPSA) is 39.6 Å². The summed E-state index contributed by atoms with van der Waals surface area (Å²) in [7, 11) is 0. The van der Waals surface area contributed by atoms with Crippen molar-refractivity contribution < 1.29 is 13.2 Å². The fourth-order valence-corrected chi connectivity index (χ4v) is 1.91. The van der Waals surface area contributed by atoms with Crippen molar-refractivity contribution >= 4 is 11.6 Å². The van der Waals surface area contributed by atoms with E-state index in [1.165, 1.54) is 24.4 Å². The molecule has 0 aliphatic carbocycles. The van der Waals surface area contributed by atoms with Gasteiger partial charge in [0.2, 0.25) is 0 Å². The van der Waals surface area contributed by atoms with Crippen LogP contribution in [0.1, 0.15) is 11.1 Å². The van der Waals surface area contributed by atoms with Gasteiger partial charge in [-0.2, -0.15) is 18.4 Å². The molecule has 0 saturated heterocycles. The summed E-state index contributed by atoms with van der Waals surface area (Å²) >= 11 is 5.82. The van der Waals surface area contributed by atoms with Gasteiger partial charge < -0.3 is 4.98 Å². The van der Waals surface area contributed by atoms with E-state index in [-0.39, 0.29) is 21.8 Å². The normalized spacial score (nSPS) is 11.3. The van der Waals surface area contributed by atoms with Crippen LogP contribution in [0, 0.1) is 11.3 Å². The van der Waals surface area contributed by atoms with Crippen molar-refractivity contribution in [1.82, 2.24) is 4.98 Å². The second kappa shape index (κ2) is 4.39. The molecule has 0 atom stereocenters. The maximum absolute atomic E-state index is 12.9.